The first-order chi connectivity index (χ1) is 4.85. The van der Waals surface area contributed by atoms with Gasteiger partial charge in [0.05, 0.1) is 0 Å². The van der Waals surface area contributed by atoms with Crippen molar-refractivity contribution in [1.82, 2.24) is 5.32 Å². The lowest BCUT2D eigenvalue weighted by Gasteiger charge is -2.29. The molecule has 0 bridgehead atoms. The average molecular weight is 141 g/mol. The van der Waals surface area contributed by atoms with E-state index in [0.29, 0.717) is 18.1 Å². The van der Waals surface area contributed by atoms with Crippen LogP contribution < -0.4 is 5.32 Å². The topological polar surface area (TPSA) is 32.3 Å². The number of aliphatic hydroxyl groups excluding tert-OH is 1. The largest absolute Gasteiger partial charge is 0.396 e. The Morgan fingerprint density at radius 1 is 1.50 bits per heavy atom. The Balaban J connectivity index is 1.91. The van der Waals surface area contributed by atoms with Gasteiger partial charge in [0, 0.05) is 12.1 Å². The van der Waals surface area contributed by atoms with Gasteiger partial charge in [-0.15, -0.1) is 0 Å². The zero-order chi connectivity index (χ0) is 7.03. The van der Waals surface area contributed by atoms with E-state index in [2.05, 4.69) is 5.32 Å². The van der Waals surface area contributed by atoms with Crippen molar-refractivity contribution in [1.29, 1.82) is 0 Å². The van der Waals surface area contributed by atoms with E-state index in [1.807, 2.05) is 0 Å². The summed E-state index contributed by atoms with van der Waals surface area (Å²) in [6, 6.07) is 0. The molecule has 1 atom stereocenters. The van der Waals surface area contributed by atoms with Crippen LogP contribution in [0.5, 0.6) is 0 Å². The van der Waals surface area contributed by atoms with Crippen LogP contribution in [0.2, 0.25) is 0 Å². The second-order valence-corrected chi connectivity index (χ2v) is 3.75. The van der Waals surface area contributed by atoms with Crippen molar-refractivity contribution >= 4 is 0 Å². The van der Waals surface area contributed by atoms with Crippen molar-refractivity contribution < 1.29 is 5.11 Å². The van der Waals surface area contributed by atoms with Gasteiger partial charge in [-0.1, -0.05) is 0 Å². The minimum Gasteiger partial charge on any atom is -0.396 e. The normalized spacial score (nSPS) is 36.3. The Kier molecular flexibility index (Phi) is 1.46. The van der Waals surface area contributed by atoms with E-state index in [0.717, 1.165) is 13.0 Å². The van der Waals surface area contributed by atoms with Crippen LogP contribution in [0.3, 0.4) is 0 Å². The van der Waals surface area contributed by atoms with Crippen molar-refractivity contribution in [2.75, 3.05) is 13.2 Å². The van der Waals surface area contributed by atoms with E-state index in [-0.39, 0.29) is 0 Å². The third-order valence-corrected chi connectivity index (χ3v) is 2.84. The maximum atomic E-state index is 8.92. The highest BCUT2D eigenvalue weighted by atomic mass is 16.3. The fourth-order valence-electron chi connectivity index (χ4n) is 1.96. The SMILES string of the molecule is OCC1CCNC2(CC2)C1. The van der Waals surface area contributed by atoms with E-state index < -0.39 is 0 Å². The van der Waals surface area contributed by atoms with E-state index in [1.165, 1.54) is 19.3 Å². The quantitative estimate of drug-likeness (QED) is 0.557. The van der Waals surface area contributed by atoms with Crippen molar-refractivity contribution in [2.45, 2.75) is 31.2 Å². The summed E-state index contributed by atoms with van der Waals surface area (Å²) in [6.07, 6.45) is 5.05. The van der Waals surface area contributed by atoms with Crippen LogP contribution in [0.25, 0.3) is 0 Å². The van der Waals surface area contributed by atoms with Gasteiger partial charge in [-0.05, 0) is 38.1 Å². The zero-order valence-corrected chi connectivity index (χ0v) is 6.27. The number of rotatable bonds is 1. The van der Waals surface area contributed by atoms with Gasteiger partial charge < -0.3 is 10.4 Å². The van der Waals surface area contributed by atoms with Gasteiger partial charge in [-0.2, -0.15) is 0 Å². The van der Waals surface area contributed by atoms with Crippen molar-refractivity contribution in [3.8, 4) is 0 Å². The lowest BCUT2D eigenvalue weighted by molar-refractivity contribution is 0.170. The molecule has 10 heavy (non-hydrogen) atoms. The van der Waals surface area contributed by atoms with Crippen molar-refractivity contribution in [2.24, 2.45) is 5.92 Å². The molecule has 0 aromatic heterocycles. The monoisotopic (exact) mass is 141 g/mol. The molecule has 1 aliphatic carbocycles. The second kappa shape index (κ2) is 2.21. The first kappa shape index (κ1) is 6.62. The Morgan fingerprint density at radius 2 is 2.30 bits per heavy atom. The highest BCUT2D eigenvalue weighted by Crippen LogP contribution is 2.43. The molecule has 58 valence electrons. The number of aliphatic hydroxyl groups is 1. The summed E-state index contributed by atoms with van der Waals surface area (Å²) < 4.78 is 0. The molecule has 2 nitrogen and oxygen atoms in total. The molecule has 2 rings (SSSR count). The van der Waals surface area contributed by atoms with Crippen LogP contribution in [0, 0.1) is 5.92 Å². The molecule has 1 aliphatic heterocycles. The van der Waals surface area contributed by atoms with Gasteiger partial charge >= 0.3 is 0 Å². The molecule has 1 heterocycles. The molecule has 1 unspecified atom stereocenters. The predicted octanol–water partition coefficient (Wildman–Crippen LogP) is 0.511. The number of piperidine rings is 1. The van der Waals surface area contributed by atoms with Crippen molar-refractivity contribution in [3.63, 3.8) is 0 Å². The molecule has 2 N–H and O–H groups in total. The molecule has 0 radical (unpaired) electrons. The van der Waals surface area contributed by atoms with E-state index in [9.17, 15) is 0 Å². The Morgan fingerprint density at radius 3 is 2.90 bits per heavy atom. The van der Waals surface area contributed by atoms with Crippen molar-refractivity contribution in [3.05, 3.63) is 0 Å². The molecular formula is C8H15NO. The summed E-state index contributed by atoms with van der Waals surface area (Å²) in [4.78, 5) is 0. The Bertz CT molecular complexity index is 131. The third kappa shape index (κ3) is 1.06. The van der Waals surface area contributed by atoms with Crippen LogP contribution >= 0.6 is 0 Å². The highest BCUT2D eigenvalue weighted by Gasteiger charge is 2.45. The fraction of sp³-hybridized carbons (Fsp3) is 1.00. The van der Waals surface area contributed by atoms with Crippen LogP contribution in [0.15, 0.2) is 0 Å². The first-order valence-electron chi connectivity index (χ1n) is 4.21. The van der Waals surface area contributed by atoms with Crippen LogP contribution in [-0.4, -0.2) is 23.8 Å². The minimum atomic E-state index is 0.392. The molecule has 1 saturated heterocycles. The summed E-state index contributed by atoms with van der Waals surface area (Å²) in [5.74, 6) is 0.587. The molecule has 0 aromatic carbocycles. The van der Waals surface area contributed by atoms with E-state index in [4.69, 9.17) is 5.11 Å². The Labute approximate surface area is 61.6 Å². The summed E-state index contributed by atoms with van der Waals surface area (Å²) in [5, 5.41) is 12.4. The number of nitrogens with one attached hydrogen (secondary N) is 1. The summed E-state index contributed by atoms with van der Waals surface area (Å²) in [5.41, 5.74) is 0.492. The Hall–Kier alpha value is -0.0800. The fourth-order valence-corrected chi connectivity index (χ4v) is 1.96. The van der Waals surface area contributed by atoms with Gasteiger partial charge in [0.25, 0.3) is 0 Å². The standard InChI is InChI=1S/C8H15NO/c10-6-7-1-4-9-8(5-7)2-3-8/h7,9-10H,1-6H2. The maximum Gasteiger partial charge on any atom is 0.0460 e. The predicted molar refractivity (Wildman–Crippen MR) is 39.8 cm³/mol. The van der Waals surface area contributed by atoms with E-state index in [1.54, 1.807) is 0 Å². The first-order valence-corrected chi connectivity index (χ1v) is 4.21. The summed E-state index contributed by atoms with van der Waals surface area (Å²) >= 11 is 0. The highest BCUT2D eigenvalue weighted by molar-refractivity contribution is 5.05. The molecule has 0 aromatic rings. The van der Waals surface area contributed by atoms with Gasteiger partial charge in [-0.25, -0.2) is 0 Å². The number of hydrogen-bond donors (Lipinski definition) is 2. The van der Waals surface area contributed by atoms with Crippen LogP contribution in [-0.2, 0) is 0 Å². The molecule has 1 saturated carbocycles. The van der Waals surface area contributed by atoms with Gasteiger partial charge in [0.2, 0.25) is 0 Å². The molecule has 2 aliphatic rings. The molecule has 0 amide bonds. The zero-order valence-electron chi connectivity index (χ0n) is 6.27. The molecule has 1 spiro atoms. The molecule has 2 fully saturated rings. The average Bonchev–Trinajstić information content (AvgIpc) is 2.70. The summed E-state index contributed by atoms with van der Waals surface area (Å²) in [7, 11) is 0. The van der Waals surface area contributed by atoms with Gasteiger partial charge in [-0.3, -0.25) is 0 Å². The van der Waals surface area contributed by atoms with Gasteiger partial charge in [0.15, 0.2) is 0 Å². The van der Waals surface area contributed by atoms with Gasteiger partial charge in [0.1, 0.15) is 0 Å². The smallest absolute Gasteiger partial charge is 0.0460 e. The van der Waals surface area contributed by atoms with Crippen LogP contribution in [0.1, 0.15) is 25.7 Å². The summed E-state index contributed by atoms with van der Waals surface area (Å²) in [6.45, 7) is 1.51. The third-order valence-electron chi connectivity index (χ3n) is 2.84. The second-order valence-electron chi connectivity index (χ2n) is 3.75. The number of hydrogen-bond acceptors (Lipinski definition) is 2. The molecular weight excluding hydrogens is 126 g/mol. The minimum absolute atomic E-state index is 0.392. The molecule has 2 heteroatoms. The van der Waals surface area contributed by atoms with E-state index >= 15 is 0 Å². The maximum absolute atomic E-state index is 8.92. The van der Waals surface area contributed by atoms with Crippen LogP contribution in [0.4, 0.5) is 0 Å². The lowest BCUT2D eigenvalue weighted by Crippen LogP contribution is -2.40. The lowest BCUT2D eigenvalue weighted by atomic mass is 9.92.